The van der Waals surface area contributed by atoms with Crippen molar-refractivity contribution in [3.05, 3.63) is 47.5 Å². The first-order valence-corrected chi connectivity index (χ1v) is 5.57. The van der Waals surface area contributed by atoms with E-state index in [2.05, 4.69) is 11.1 Å². The van der Waals surface area contributed by atoms with Gasteiger partial charge in [-0.15, -0.1) is 0 Å². The smallest absolute Gasteiger partial charge is 0.122 e. The van der Waals surface area contributed by atoms with Crippen LogP contribution in [0.4, 0.5) is 0 Å². The van der Waals surface area contributed by atoms with Crippen molar-refractivity contribution < 1.29 is 4.74 Å². The number of benzene rings is 1. The molecule has 0 aliphatic heterocycles. The molecule has 0 saturated heterocycles. The van der Waals surface area contributed by atoms with Crippen LogP contribution in [0.25, 0.3) is 0 Å². The molecule has 0 aliphatic carbocycles. The second-order valence-electron chi connectivity index (χ2n) is 3.92. The number of hydrogen-bond acceptors (Lipinski definition) is 3. The van der Waals surface area contributed by atoms with E-state index < -0.39 is 0 Å². The molecule has 0 unspecified atom stereocenters. The molecular formula is C13H17N3O. The van der Waals surface area contributed by atoms with E-state index in [1.807, 2.05) is 36.0 Å². The Labute approximate surface area is 101 Å². The number of nitrogens with two attached hydrogens (primary N) is 1. The number of aromatic nitrogens is 2. The highest BCUT2D eigenvalue weighted by molar-refractivity contribution is 5.35. The molecule has 0 amide bonds. The number of ether oxygens (including phenoxy) is 1. The fourth-order valence-corrected chi connectivity index (χ4v) is 1.86. The predicted molar refractivity (Wildman–Crippen MR) is 66.9 cm³/mol. The van der Waals surface area contributed by atoms with Gasteiger partial charge in [-0.25, -0.2) is 4.98 Å². The number of para-hydroxylation sites is 1. The van der Waals surface area contributed by atoms with Crippen LogP contribution in [0.15, 0.2) is 30.5 Å². The van der Waals surface area contributed by atoms with Crippen LogP contribution in [-0.4, -0.2) is 16.7 Å². The van der Waals surface area contributed by atoms with Gasteiger partial charge in [0.2, 0.25) is 0 Å². The van der Waals surface area contributed by atoms with E-state index in [4.69, 9.17) is 10.5 Å². The van der Waals surface area contributed by atoms with E-state index in [9.17, 15) is 0 Å². The van der Waals surface area contributed by atoms with Gasteiger partial charge in [-0.3, -0.25) is 0 Å². The van der Waals surface area contributed by atoms with Gasteiger partial charge < -0.3 is 15.0 Å². The Morgan fingerprint density at radius 2 is 2.12 bits per heavy atom. The van der Waals surface area contributed by atoms with E-state index in [0.717, 1.165) is 29.3 Å². The standard InChI is InChI=1S/C13H17N3O/c1-16-11(8-14)9-15-13(16)7-10-5-3-4-6-12(10)17-2/h3-6,9H,7-8,14H2,1-2H3. The van der Waals surface area contributed by atoms with Gasteiger partial charge in [-0.05, 0) is 6.07 Å². The summed E-state index contributed by atoms with van der Waals surface area (Å²) in [6, 6.07) is 7.98. The first-order valence-electron chi connectivity index (χ1n) is 5.57. The summed E-state index contributed by atoms with van der Waals surface area (Å²) in [6.07, 6.45) is 2.57. The Bertz CT molecular complexity index is 505. The molecule has 4 nitrogen and oxygen atoms in total. The van der Waals surface area contributed by atoms with Crippen LogP contribution >= 0.6 is 0 Å². The largest absolute Gasteiger partial charge is 0.496 e. The van der Waals surface area contributed by atoms with Gasteiger partial charge in [-0.2, -0.15) is 0 Å². The maximum atomic E-state index is 5.63. The van der Waals surface area contributed by atoms with Crippen molar-refractivity contribution in [1.29, 1.82) is 0 Å². The maximum Gasteiger partial charge on any atom is 0.122 e. The van der Waals surface area contributed by atoms with E-state index >= 15 is 0 Å². The molecule has 0 spiro atoms. The summed E-state index contributed by atoms with van der Waals surface area (Å²) in [7, 11) is 3.67. The molecular weight excluding hydrogens is 214 g/mol. The Morgan fingerprint density at radius 3 is 2.76 bits per heavy atom. The lowest BCUT2D eigenvalue weighted by molar-refractivity contribution is 0.410. The lowest BCUT2D eigenvalue weighted by Crippen LogP contribution is -2.07. The fourth-order valence-electron chi connectivity index (χ4n) is 1.86. The zero-order chi connectivity index (χ0) is 12.3. The molecule has 1 aromatic heterocycles. The minimum Gasteiger partial charge on any atom is -0.496 e. The van der Waals surface area contributed by atoms with Crippen LogP contribution in [0.2, 0.25) is 0 Å². The second kappa shape index (κ2) is 5.01. The molecule has 0 saturated carbocycles. The normalized spacial score (nSPS) is 10.5. The molecule has 1 heterocycles. The number of nitrogens with zero attached hydrogens (tertiary/aromatic N) is 2. The van der Waals surface area contributed by atoms with Gasteiger partial charge in [0.1, 0.15) is 11.6 Å². The van der Waals surface area contributed by atoms with Gasteiger partial charge >= 0.3 is 0 Å². The van der Waals surface area contributed by atoms with E-state index in [1.165, 1.54) is 0 Å². The van der Waals surface area contributed by atoms with Crippen molar-refractivity contribution in [3.63, 3.8) is 0 Å². The van der Waals surface area contributed by atoms with Crippen LogP contribution in [0.1, 0.15) is 17.1 Å². The highest BCUT2D eigenvalue weighted by Crippen LogP contribution is 2.20. The van der Waals surface area contributed by atoms with Crippen molar-refractivity contribution in [2.45, 2.75) is 13.0 Å². The minimum absolute atomic E-state index is 0.509. The van der Waals surface area contributed by atoms with Crippen molar-refractivity contribution >= 4 is 0 Å². The average molecular weight is 231 g/mol. The van der Waals surface area contributed by atoms with E-state index in [0.29, 0.717) is 6.54 Å². The first-order chi connectivity index (χ1) is 8.26. The van der Waals surface area contributed by atoms with Crippen molar-refractivity contribution in [2.24, 2.45) is 12.8 Å². The molecule has 17 heavy (non-hydrogen) atoms. The van der Waals surface area contributed by atoms with Crippen LogP contribution in [0.3, 0.4) is 0 Å². The summed E-state index contributed by atoms with van der Waals surface area (Å²) in [5, 5.41) is 0. The molecule has 2 rings (SSSR count). The molecule has 0 aliphatic rings. The Morgan fingerprint density at radius 1 is 1.35 bits per heavy atom. The highest BCUT2D eigenvalue weighted by atomic mass is 16.5. The number of imidazole rings is 1. The predicted octanol–water partition coefficient (Wildman–Crippen LogP) is 1.48. The summed E-state index contributed by atoms with van der Waals surface area (Å²) >= 11 is 0. The molecule has 0 fully saturated rings. The Hall–Kier alpha value is -1.81. The van der Waals surface area contributed by atoms with Crippen molar-refractivity contribution in [3.8, 4) is 5.75 Å². The molecule has 0 radical (unpaired) electrons. The highest BCUT2D eigenvalue weighted by Gasteiger charge is 2.08. The average Bonchev–Trinajstić information content (AvgIpc) is 2.71. The zero-order valence-electron chi connectivity index (χ0n) is 10.2. The molecule has 2 N–H and O–H groups in total. The van der Waals surface area contributed by atoms with Gasteiger partial charge in [0.15, 0.2) is 0 Å². The number of rotatable bonds is 4. The lowest BCUT2D eigenvalue weighted by atomic mass is 10.1. The molecule has 4 heteroatoms. The van der Waals surface area contributed by atoms with Gasteiger partial charge in [0.25, 0.3) is 0 Å². The quantitative estimate of drug-likeness (QED) is 0.867. The lowest BCUT2D eigenvalue weighted by Gasteiger charge is -2.08. The number of methoxy groups -OCH3 is 1. The maximum absolute atomic E-state index is 5.63. The molecule has 0 atom stereocenters. The summed E-state index contributed by atoms with van der Waals surface area (Å²) in [5.41, 5.74) is 7.80. The van der Waals surface area contributed by atoms with Crippen LogP contribution in [-0.2, 0) is 20.0 Å². The third-order valence-electron chi connectivity index (χ3n) is 2.93. The van der Waals surface area contributed by atoms with Gasteiger partial charge in [0.05, 0.1) is 12.8 Å². The SMILES string of the molecule is COc1ccccc1Cc1ncc(CN)n1C. The topological polar surface area (TPSA) is 53.1 Å². The summed E-state index contributed by atoms with van der Waals surface area (Å²) in [4.78, 5) is 4.38. The van der Waals surface area contributed by atoms with Crippen LogP contribution in [0.5, 0.6) is 5.75 Å². The van der Waals surface area contributed by atoms with Crippen LogP contribution in [0, 0.1) is 0 Å². The van der Waals surface area contributed by atoms with E-state index in [-0.39, 0.29) is 0 Å². The van der Waals surface area contributed by atoms with Gasteiger partial charge in [0, 0.05) is 31.8 Å². The van der Waals surface area contributed by atoms with E-state index in [1.54, 1.807) is 7.11 Å². The third kappa shape index (κ3) is 2.31. The molecule has 2 aromatic rings. The monoisotopic (exact) mass is 231 g/mol. The molecule has 90 valence electrons. The third-order valence-corrected chi connectivity index (χ3v) is 2.93. The molecule has 0 bridgehead atoms. The summed E-state index contributed by atoms with van der Waals surface area (Å²) in [6.45, 7) is 0.509. The van der Waals surface area contributed by atoms with Gasteiger partial charge in [-0.1, -0.05) is 18.2 Å². The first kappa shape index (κ1) is 11.7. The zero-order valence-corrected chi connectivity index (χ0v) is 10.2. The summed E-state index contributed by atoms with van der Waals surface area (Å²) in [5.74, 6) is 1.89. The Kier molecular flexibility index (Phi) is 3.44. The summed E-state index contributed by atoms with van der Waals surface area (Å²) < 4.78 is 7.36. The number of hydrogen-bond donors (Lipinski definition) is 1. The Balaban J connectivity index is 2.28. The van der Waals surface area contributed by atoms with Crippen molar-refractivity contribution in [2.75, 3.05) is 7.11 Å². The second-order valence-corrected chi connectivity index (χ2v) is 3.92. The van der Waals surface area contributed by atoms with Crippen molar-refractivity contribution in [1.82, 2.24) is 9.55 Å². The minimum atomic E-state index is 0.509. The molecule has 1 aromatic carbocycles. The van der Waals surface area contributed by atoms with Crippen LogP contribution < -0.4 is 10.5 Å². The fraction of sp³-hybridized carbons (Fsp3) is 0.308.